The van der Waals surface area contributed by atoms with E-state index in [9.17, 15) is 4.79 Å². The molecular formula is C13H18N4O2. The van der Waals surface area contributed by atoms with Gasteiger partial charge in [-0.2, -0.15) is 4.98 Å². The predicted octanol–water partition coefficient (Wildman–Crippen LogP) is 0.483. The Morgan fingerprint density at radius 1 is 1.42 bits per heavy atom. The smallest absolute Gasteiger partial charge is 0.238 e. The van der Waals surface area contributed by atoms with Crippen LogP contribution < -0.4 is 15.4 Å². The lowest BCUT2D eigenvalue weighted by molar-refractivity contribution is -0.129. The first-order valence-corrected chi connectivity index (χ1v) is 6.54. The SMILES string of the molecule is COc1nc(N2CCN3C(=O)CCC3C2)ccc1N. The van der Waals surface area contributed by atoms with Crippen molar-refractivity contribution in [3.05, 3.63) is 12.1 Å². The summed E-state index contributed by atoms with van der Waals surface area (Å²) in [4.78, 5) is 20.3. The van der Waals surface area contributed by atoms with E-state index in [1.165, 1.54) is 0 Å². The summed E-state index contributed by atoms with van der Waals surface area (Å²) in [7, 11) is 1.57. The number of rotatable bonds is 2. The highest BCUT2D eigenvalue weighted by Crippen LogP contribution is 2.28. The summed E-state index contributed by atoms with van der Waals surface area (Å²) in [6.07, 6.45) is 1.62. The molecule has 2 saturated heterocycles. The van der Waals surface area contributed by atoms with E-state index in [2.05, 4.69) is 9.88 Å². The van der Waals surface area contributed by atoms with Crippen molar-refractivity contribution in [2.24, 2.45) is 0 Å². The summed E-state index contributed by atoms with van der Waals surface area (Å²) in [5.74, 6) is 1.61. The highest BCUT2D eigenvalue weighted by Gasteiger charge is 2.35. The second-order valence-electron chi connectivity index (χ2n) is 4.99. The van der Waals surface area contributed by atoms with Gasteiger partial charge in [-0.3, -0.25) is 4.79 Å². The predicted molar refractivity (Wildman–Crippen MR) is 72.1 cm³/mol. The summed E-state index contributed by atoms with van der Waals surface area (Å²) < 4.78 is 5.15. The highest BCUT2D eigenvalue weighted by atomic mass is 16.5. The lowest BCUT2D eigenvalue weighted by Crippen LogP contribution is -2.51. The zero-order valence-electron chi connectivity index (χ0n) is 11.0. The Bertz CT molecular complexity index is 505. The van der Waals surface area contributed by atoms with Crippen molar-refractivity contribution in [2.45, 2.75) is 18.9 Å². The quantitative estimate of drug-likeness (QED) is 0.839. The Morgan fingerprint density at radius 2 is 2.26 bits per heavy atom. The maximum Gasteiger partial charge on any atom is 0.238 e. The molecule has 0 radical (unpaired) electrons. The van der Waals surface area contributed by atoms with Gasteiger partial charge in [-0.05, 0) is 18.6 Å². The van der Waals surface area contributed by atoms with Gasteiger partial charge >= 0.3 is 0 Å². The normalized spacial score (nSPS) is 22.6. The fraction of sp³-hybridized carbons (Fsp3) is 0.538. The van der Waals surface area contributed by atoms with E-state index in [0.717, 1.165) is 31.9 Å². The number of ether oxygens (including phenoxy) is 1. The van der Waals surface area contributed by atoms with Crippen LogP contribution in [0.1, 0.15) is 12.8 Å². The minimum atomic E-state index is 0.285. The molecule has 3 rings (SSSR count). The zero-order chi connectivity index (χ0) is 13.4. The van der Waals surface area contributed by atoms with Gasteiger partial charge in [0.1, 0.15) is 5.82 Å². The number of piperazine rings is 1. The van der Waals surface area contributed by atoms with Crippen LogP contribution in [0.4, 0.5) is 11.5 Å². The number of pyridine rings is 1. The molecule has 1 atom stereocenters. The summed E-state index contributed by atoms with van der Waals surface area (Å²) >= 11 is 0. The number of hydrogen-bond acceptors (Lipinski definition) is 5. The molecule has 0 saturated carbocycles. The van der Waals surface area contributed by atoms with Crippen molar-refractivity contribution in [2.75, 3.05) is 37.4 Å². The number of aromatic nitrogens is 1. The Hall–Kier alpha value is -1.98. The molecule has 1 amide bonds. The van der Waals surface area contributed by atoms with E-state index in [4.69, 9.17) is 10.5 Å². The molecule has 2 fully saturated rings. The van der Waals surface area contributed by atoms with Gasteiger partial charge in [0, 0.05) is 32.1 Å². The fourth-order valence-electron chi connectivity index (χ4n) is 2.85. The number of fused-ring (bicyclic) bond motifs is 1. The fourth-order valence-corrected chi connectivity index (χ4v) is 2.85. The van der Waals surface area contributed by atoms with Gasteiger partial charge in [0.05, 0.1) is 12.8 Å². The third-order valence-electron chi connectivity index (χ3n) is 3.89. The van der Waals surface area contributed by atoms with Gasteiger partial charge in [0.2, 0.25) is 11.8 Å². The molecule has 2 aliphatic heterocycles. The second kappa shape index (κ2) is 4.60. The van der Waals surface area contributed by atoms with E-state index >= 15 is 0 Å². The van der Waals surface area contributed by atoms with Gasteiger partial charge in [-0.15, -0.1) is 0 Å². The van der Waals surface area contributed by atoms with Crippen molar-refractivity contribution < 1.29 is 9.53 Å². The largest absolute Gasteiger partial charge is 0.479 e. The van der Waals surface area contributed by atoms with Crippen LogP contribution in [0.2, 0.25) is 0 Å². The lowest BCUT2D eigenvalue weighted by Gasteiger charge is -2.38. The van der Waals surface area contributed by atoms with Crippen LogP contribution in [0.5, 0.6) is 5.88 Å². The first kappa shape index (κ1) is 12.1. The molecule has 102 valence electrons. The number of amides is 1. The molecule has 0 spiro atoms. The first-order chi connectivity index (χ1) is 9.19. The number of nitrogen functional groups attached to an aromatic ring is 1. The van der Waals surface area contributed by atoms with Crippen LogP contribution in [0, 0.1) is 0 Å². The van der Waals surface area contributed by atoms with Crippen molar-refractivity contribution in [3.63, 3.8) is 0 Å². The topological polar surface area (TPSA) is 71.7 Å². The van der Waals surface area contributed by atoms with Crippen molar-refractivity contribution in [1.82, 2.24) is 9.88 Å². The van der Waals surface area contributed by atoms with Crippen molar-refractivity contribution in [1.29, 1.82) is 0 Å². The number of hydrogen-bond donors (Lipinski definition) is 1. The monoisotopic (exact) mass is 262 g/mol. The van der Waals surface area contributed by atoms with Crippen LogP contribution in [0.3, 0.4) is 0 Å². The van der Waals surface area contributed by atoms with E-state index in [1.54, 1.807) is 7.11 Å². The summed E-state index contributed by atoms with van der Waals surface area (Å²) in [6, 6.07) is 4.05. The van der Waals surface area contributed by atoms with Crippen LogP contribution in [0.25, 0.3) is 0 Å². The molecule has 19 heavy (non-hydrogen) atoms. The zero-order valence-corrected chi connectivity index (χ0v) is 11.0. The van der Waals surface area contributed by atoms with Crippen molar-refractivity contribution in [3.8, 4) is 5.88 Å². The molecule has 3 heterocycles. The lowest BCUT2D eigenvalue weighted by atomic mass is 10.1. The standard InChI is InChI=1S/C13H18N4O2/c1-19-13-10(14)3-4-11(15-13)16-6-7-17-9(8-16)2-5-12(17)18/h3-4,9H,2,5-8,14H2,1H3. The first-order valence-electron chi connectivity index (χ1n) is 6.54. The molecule has 2 aliphatic rings. The van der Waals surface area contributed by atoms with Gasteiger partial charge in [0.15, 0.2) is 0 Å². The highest BCUT2D eigenvalue weighted by molar-refractivity contribution is 5.79. The molecule has 0 bridgehead atoms. The Labute approximate surface area is 112 Å². The summed E-state index contributed by atoms with van der Waals surface area (Å²) in [6.45, 7) is 2.42. The molecule has 1 aromatic rings. The van der Waals surface area contributed by atoms with Gasteiger partial charge in [-0.1, -0.05) is 0 Å². The van der Waals surface area contributed by atoms with E-state index in [-0.39, 0.29) is 5.91 Å². The van der Waals surface area contributed by atoms with Gasteiger partial charge in [0.25, 0.3) is 0 Å². The molecule has 6 nitrogen and oxygen atoms in total. The minimum Gasteiger partial charge on any atom is -0.479 e. The van der Waals surface area contributed by atoms with Crippen LogP contribution in [-0.2, 0) is 4.79 Å². The van der Waals surface area contributed by atoms with Crippen LogP contribution in [0.15, 0.2) is 12.1 Å². The molecule has 1 aromatic heterocycles. The van der Waals surface area contributed by atoms with Gasteiger partial charge < -0.3 is 20.3 Å². The Kier molecular flexibility index (Phi) is 2.93. The number of carbonyl (C=O) groups excluding carboxylic acids is 1. The third kappa shape index (κ3) is 2.07. The van der Waals surface area contributed by atoms with Crippen molar-refractivity contribution >= 4 is 17.4 Å². The number of nitrogens with zero attached hydrogens (tertiary/aromatic N) is 3. The van der Waals surface area contributed by atoms with E-state index in [0.29, 0.717) is 24.0 Å². The summed E-state index contributed by atoms with van der Waals surface area (Å²) in [5.41, 5.74) is 6.32. The van der Waals surface area contributed by atoms with Crippen LogP contribution >= 0.6 is 0 Å². The molecule has 1 unspecified atom stereocenters. The summed E-state index contributed by atoms with van der Waals surface area (Å²) in [5, 5.41) is 0. The second-order valence-corrected chi connectivity index (χ2v) is 4.99. The number of carbonyl (C=O) groups is 1. The van der Waals surface area contributed by atoms with Crippen LogP contribution in [-0.4, -0.2) is 48.6 Å². The molecule has 6 heteroatoms. The molecule has 2 N–H and O–H groups in total. The number of methoxy groups -OCH3 is 1. The molecule has 0 aliphatic carbocycles. The molecular weight excluding hydrogens is 244 g/mol. The minimum absolute atomic E-state index is 0.285. The third-order valence-corrected chi connectivity index (χ3v) is 3.89. The molecule has 0 aromatic carbocycles. The Balaban J connectivity index is 1.78. The van der Waals surface area contributed by atoms with E-state index in [1.807, 2.05) is 17.0 Å². The maximum absolute atomic E-state index is 11.7. The average Bonchev–Trinajstić information content (AvgIpc) is 2.80. The number of nitrogens with two attached hydrogens (primary N) is 1. The average molecular weight is 262 g/mol. The number of anilines is 2. The van der Waals surface area contributed by atoms with E-state index < -0.39 is 0 Å². The maximum atomic E-state index is 11.7. The van der Waals surface area contributed by atoms with Gasteiger partial charge in [-0.25, -0.2) is 0 Å². The Morgan fingerprint density at radius 3 is 3.05 bits per heavy atom.